The smallest absolute Gasteiger partial charge is 0.243 e. The van der Waals surface area contributed by atoms with Crippen molar-refractivity contribution in [3.05, 3.63) is 53.6 Å². The first-order valence-electron chi connectivity index (χ1n) is 7.02. The highest BCUT2D eigenvalue weighted by molar-refractivity contribution is 7.89. The van der Waals surface area contributed by atoms with Crippen molar-refractivity contribution in [2.24, 2.45) is 0 Å². The molecule has 8 heteroatoms. The van der Waals surface area contributed by atoms with Crippen molar-refractivity contribution in [1.29, 1.82) is 0 Å². The van der Waals surface area contributed by atoms with Gasteiger partial charge < -0.3 is 9.47 Å². The molecule has 0 radical (unpaired) electrons. The third kappa shape index (κ3) is 4.42. The number of benzene rings is 2. The van der Waals surface area contributed by atoms with Gasteiger partial charge in [-0.15, -0.1) is 0 Å². The molecular formula is C16H17F2NO4S. The van der Waals surface area contributed by atoms with E-state index < -0.39 is 26.6 Å². The van der Waals surface area contributed by atoms with E-state index >= 15 is 0 Å². The zero-order chi connectivity index (χ0) is 17.7. The van der Waals surface area contributed by atoms with Gasteiger partial charge in [0.05, 0.1) is 14.2 Å². The largest absolute Gasteiger partial charge is 0.497 e. The average Bonchev–Trinajstić information content (AvgIpc) is 2.53. The molecule has 0 saturated heterocycles. The summed E-state index contributed by atoms with van der Waals surface area (Å²) in [6.45, 7) is 0.0372. The lowest BCUT2D eigenvalue weighted by atomic mass is 10.1. The van der Waals surface area contributed by atoms with E-state index in [1.807, 2.05) is 0 Å². The van der Waals surface area contributed by atoms with Crippen molar-refractivity contribution < 1.29 is 26.7 Å². The quantitative estimate of drug-likeness (QED) is 0.827. The van der Waals surface area contributed by atoms with Crippen LogP contribution in [0.1, 0.15) is 5.56 Å². The Labute approximate surface area is 139 Å². The summed E-state index contributed by atoms with van der Waals surface area (Å²) in [4.78, 5) is -0.591. The summed E-state index contributed by atoms with van der Waals surface area (Å²) < 4.78 is 63.2. The standard InChI is InChI=1S/C16H17F2NO4S/c1-22-13-7-11(8-14(10-13)23-2)5-6-19-24(20,21)16-4-3-12(17)9-15(16)18/h3-4,7-10,19H,5-6H2,1-2H3. The molecule has 0 fully saturated rings. The highest BCUT2D eigenvalue weighted by atomic mass is 32.2. The molecule has 0 aliphatic carbocycles. The lowest BCUT2D eigenvalue weighted by Crippen LogP contribution is -2.26. The minimum atomic E-state index is -4.06. The van der Waals surface area contributed by atoms with Gasteiger partial charge in [-0.05, 0) is 36.2 Å². The van der Waals surface area contributed by atoms with Crippen molar-refractivity contribution in [2.45, 2.75) is 11.3 Å². The Bertz CT molecular complexity index is 803. The van der Waals surface area contributed by atoms with Gasteiger partial charge in [0.25, 0.3) is 0 Å². The Morgan fingerprint density at radius 3 is 2.17 bits per heavy atom. The Morgan fingerprint density at radius 1 is 1.00 bits per heavy atom. The van der Waals surface area contributed by atoms with Crippen LogP contribution < -0.4 is 14.2 Å². The van der Waals surface area contributed by atoms with E-state index in [-0.39, 0.29) is 6.54 Å². The lowest BCUT2D eigenvalue weighted by Gasteiger charge is -2.10. The van der Waals surface area contributed by atoms with Crippen molar-refractivity contribution in [2.75, 3.05) is 20.8 Å². The summed E-state index contributed by atoms with van der Waals surface area (Å²) in [5, 5.41) is 0. The Morgan fingerprint density at radius 2 is 1.62 bits per heavy atom. The summed E-state index contributed by atoms with van der Waals surface area (Å²) in [7, 11) is -1.04. The van der Waals surface area contributed by atoms with Crippen LogP contribution in [0.4, 0.5) is 8.78 Å². The molecule has 0 saturated carbocycles. The van der Waals surface area contributed by atoms with E-state index in [0.717, 1.165) is 17.7 Å². The molecule has 0 aliphatic heterocycles. The van der Waals surface area contributed by atoms with Crippen molar-refractivity contribution in [1.82, 2.24) is 4.72 Å². The van der Waals surface area contributed by atoms with E-state index in [0.29, 0.717) is 24.0 Å². The minimum Gasteiger partial charge on any atom is -0.497 e. The topological polar surface area (TPSA) is 64.6 Å². The van der Waals surface area contributed by atoms with E-state index in [2.05, 4.69) is 4.72 Å². The van der Waals surface area contributed by atoms with Crippen LogP contribution in [0.2, 0.25) is 0 Å². The molecule has 2 aromatic carbocycles. The summed E-state index contributed by atoms with van der Waals surface area (Å²) >= 11 is 0. The number of hydrogen-bond acceptors (Lipinski definition) is 4. The molecule has 0 aliphatic rings. The molecule has 2 rings (SSSR count). The molecule has 0 spiro atoms. The fourth-order valence-corrected chi connectivity index (χ4v) is 3.20. The SMILES string of the molecule is COc1cc(CCNS(=O)(=O)c2ccc(F)cc2F)cc(OC)c1. The molecule has 5 nitrogen and oxygen atoms in total. The van der Waals surface area contributed by atoms with Gasteiger partial charge in [0.1, 0.15) is 28.0 Å². The number of nitrogens with one attached hydrogen (secondary N) is 1. The van der Waals surface area contributed by atoms with Gasteiger partial charge >= 0.3 is 0 Å². The molecular weight excluding hydrogens is 340 g/mol. The molecule has 24 heavy (non-hydrogen) atoms. The Kier molecular flexibility index (Phi) is 5.74. The maximum Gasteiger partial charge on any atom is 0.243 e. The Hall–Kier alpha value is -2.19. The van der Waals surface area contributed by atoms with E-state index in [1.165, 1.54) is 14.2 Å². The normalized spacial score (nSPS) is 11.3. The van der Waals surface area contributed by atoms with Gasteiger partial charge in [-0.25, -0.2) is 21.9 Å². The van der Waals surface area contributed by atoms with E-state index in [4.69, 9.17) is 9.47 Å². The second-order valence-electron chi connectivity index (χ2n) is 4.94. The highest BCUT2D eigenvalue weighted by Gasteiger charge is 2.19. The van der Waals surface area contributed by atoms with Crippen LogP contribution >= 0.6 is 0 Å². The van der Waals surface area contributed by atoms with Crippen LogP contribution in [0.3, 0.4) is 0 Å². The molecule has 130 valence electrons. The zero-order valence-corrected chi connectivity index (χ0v) is 14.0. The monoisotopic (exact) mass is 357 g/mol. The number of halogens is 2. The molecule has 1 N–H and O–H groups in total. The van der Waals surface area contributed by atoms with Gasteiger partial charge in [0.15, 0.2) is 0 Å². The first-order chi connectivity index (χ1) is 11.4. The third-order valence-electron chi connectivity index (χ3n) is 3.30. The third-order valence-corrected chi connectivity index (χ3v) is 4.79. The van der Waals surface area contributed by atoms with Crippen LogP contribution in [0.25, 0.3) is 0 Å². The second-order valence-corrected chi connectivity index (χ2v) is 6.68. The number of hydrogen-bond donors (Lipinski definition) is 1. The van der Waals surface area contributed by atoms with E-state index in [9.17, 15) is 17.2 Å². The predicted molar refractivity (Wildman–Crippen MR) is 84.8 cm³/mol. The lowest BCUT2D eigenvalue weighted by molar-refractivity contribution is 0.393. The van der Waals surface area contributed by atoms with Gasteiger partial charge in [0, 0.05) is 18.7 Å². The van der Waals surface area contributed by atoms with Crippen LogP contribution in [-0.4, -0.2) is 29.2 Å². The molecule has 2 aromatic rings. The summed E-state index contributed by atoms with van der Waals surface area (Å²) in [5.74, 6) is -0.811. The summed E-state index contributed by atoms with van der Waals surface area (Å²) in [6, 6.07) is 7.50. The van der Waals surface area contributed by atoms with Crippen molar-refractivity contribution in [3.63, 3.8) is 0 Å². The fraction of sp³-hybridized carbons (Fsp3) is 0.250. The molecule has 0 atom stereocenters. The maximum atomic E-state index is 13.6. The number of methoxy groups -OCH3 is 2. The second kappa shape index (κ2) is 7.59. The fourth-order valence-electron chi connectivity index (χ4n) is 2.11. The molecule has 0 bridgehead atoms. The highest BCUT2D eigenvalue weighted by Crippen LogP contribution is 2.23. The summed E-state index contributed by atoms with van der Waals surface area (Å²) in [5.41, 5.74) is 0.786. The summed E-state index contributed by atoms with van der Waals surface area (Å²) in [6.07, 6.45) is 0.343. The number of ether oxygens (including phenoxy) is 2. The number of rotatable bonds is 7. The van der Waals surface area contributed by atoms with E-state index in [1.54, 1.807) is 18.2 Å². The average molecular weight is 357 g/mol. The first kappa shape index (κ1) is 18.2. The van der Waals surface area contributed by atoms with Crippen molar-refractivity contribution >= 4 is 10.0 Å². The Balaban J connectivity index is 2.08. The zero-order valence-electron chi connectivity index (χ0n) is 13.2. The minimum absolute atomic E-state index is 0.0372. The maximum absolute atomic E-state index is 13.6. The van der Waals surface area contributed by atoms with Crippen LogP contribution in [0.15, 0.2) is 41.3 Å². The van der Waals surface area contributed by atoms with Crippen LogP contribution in [-0.2, 0) is 16.4 Å². The number of sulfonamides is 1. The van der Waals surface area contributed by atoms with Gasteiger partial charge in [-0.1, -0.05) is 0 Å². The molecule has 0 amide bonds. The first-order valence-corrected chi connectivity index (χ1v) is 8.50. The van der Waals surface area contributed by atoms with Crippen LogP contribution in [0, 0.1) is 11.6 Å². The van der Waals surface area contributed by atoms with Gasteiger partial charge in [0.2, 0.25) is 10.0 Å². The van der Waals surface area contributed by atoms with Gasteiger partial charge in [-0.2, -0.15) is 0 Å². The van der Waals surface area contributed by atoms with Crippen molar-refractivity contribution in [3.8, 4) is 11.5 Å². The molecule has 0 heterocycles. The molecule has 0 unspecified atom stereocenters. The predicted octanol–water partition coefficient (Wildman–Crippen LogP) is 2.50. The van der Waals surface area contributed by atoms with Gasteiger partial charge in [-0.3, -0.25) is 0 Å². The van der Waals surface area contributed by atoms with Crippen LogP contribution in [0.5, 0.6) is 11.5 Å². The molecule has 0 aromatic heterocycles.